The number of hydrogen-bond acceptors (Lipinski definition) is 5. The minimum absolute atomic E-state index is 0.457. The highest BCUT2D eigenvalue weighted by Crippen LogP contribution is 2.23. The number of aliphatic carboxylic acids is 1. The Hall–Kier alpha value is -1.71. The molecule has 106 valence electrons. The van der Waals surface area contributed by atoms with Crippen molar-refractivity contribution in [2.24, 2.45) is 0 Å². The first-order valence-electron chi connectivity index (χ1n) is 6.27. The highest BCUT2D eigenvalue weighted by Gasteiger charge is 2.28. The summed E-state index contributed by atoms with van der Waals surface area (Å²) < 4.78 is 5.11. The summed E-state index contributed by atoms with van der Waals surface area (Å²) in [4.78, 5) is 13.2. The van der Waals surface area contributed by atoms with Gasteiger partial charge in [0.25, 0.3) is 0 Å². The van der Waals surface area contributed by atoms with E-state index < -0.39 is 12.0 Å². The molecule has 0 saturated carbocycles. The molecule has 1 aromatic carbocycles. The highest BCUT2D eigenvalue weighted by atomic mass is 32.2. The summed E-state index contributed by atoms with van der Waals surface area (Å²) in [6.45, 7) is 1.28. The van der Waals surface area contributed by atoms with Crippen LogP contribution in [0.1, 0.15) is 11.1 Å². The van der Waals surface area contributed by atoms with E-state index in [1.165, 1.54) is 7.11 Å². The molecule has 2 rings (SSSR count). The van der Waals surface area contributed by atoms with Gasteiger partial charge >= 0.3 is 5.97 Å². The van der Waals surface area contributed by atoms with Gasteiger partial charge in [-0.1, -0.05) is 6.07 Å². The summed E-state index contributed by atoms with van der Waals surface area (Å²) in [5, 5.41) is 18.3. The molecule has 0 amide bonds. The SMILES string of the molecule is COc1ccc(CN2CCSCC2C(=O)O)cc1C#N. The van der Waals surface area contributed by atoms with Crippen LogP contribution < -0.4 is 4.74 Å². The largest absolute Gasteiger partial charge is 0.495 e. The molecule has 1 aliphatic heterocycles. The van der Waals surface area contributed by atoms with Crippen molar-refractivity contribution in [1.82, 2.24) is 4.90 Å². The van der Waals surface area contributed by atoms with E-state index in [2.05, 4.69) is 6.07 Å². The van der Waals surface area contributed by atoms with Crippen molar-refractivity contribution in [3.63, 3.8) is 0 Å². The van der Waals surface area contributed by atoms with E-state index in [-0.39, 0.29) is 0 Å². The zero-order valence-corrected chi connectivity index (χ0v) is 12.0. The number of benzene rings is 1. The molecule has 1 fully saturated rings. The van der Waals surface area contributed by atoms with Gasteiger partial charge in [0.05, 0.1) is 12.7 Å². The molecular weight excluding hydrogens is 276 g/mol. The Labute approximate surface area is 122 Å². The molecule has 0 bridgehead atoms. The number of carbonyl (C=O) groups is 1. The maximum atomic E-state index is 11.3. The fourth-order valence-corrected chi connectivity index (χ4v) is 3.34. The van der Waals surface area contributed by atoms with E-state index in [4.69, 9.17) is 10.00 Å². The van der Waals surface area contributed by atoms with Crippen molar-refractivity contribution in [1.29, 1.82) is 5.26 Å². The molecular formula is C14H16N2O3S. The van der Waals surface area contributed by atoms with Gasteiger partial charge < -0.3 is 9.84 Å². The van der Waals surface area contributed by atoms with Gasteiger partial charge in [-0.15, -0.1) is 0 Å². The van der Waals surface area contributed by atoms with E-state index in [0.717, 1.165) is 17.9 Å². The van der Waals surface area contributed by atoms with Crippen LogP contribution in [-0.4, -0.2) is 47.2 Å². The fraction of sp³-hybridized carbons (Fsp3) is 0.429. The Morgan fingerprint density at radius 2 is 2.45 bits per heavy atom. The van der Waals surface area contributed by atoms with Crippen LogP contribution in [0.15, 0.2) is 18.2 Å². The minimum atomic E-state index is -0.786. The van der Waals surface area contributed by atoms with Crippen LogP contribution in [0.2, 0.25) is 0 Å². The lowest BCUT2D eigenvalue weighted by Crippen LogP contribution is -2.46. The molecule has 6 heteroatoms. The zero-order chi connectivity index (χ0) is 14.5. The number of ether oxygens (including phenoxy) is 1. The van der Waals surface area contributed by atoms with E-state index >= 15 is 0 Å². The third-order valence-corrected chi connectivity index (χ3v) is 4.32. The molecule has 1 atom stereocenters. The maximum absolute atomic E-state index is 11.3. The second kappa shape index (κ2) is 6.64. The van der Waals surface area contributed by atoms with Gasteiger partial charge in [-0.3, -0.25) is 9.69 Å². The Bertz CT molecular complexity index is 542. The van der Waals surface area contributed by atoms with Crippen molar-refractivity contribution in [3.05, 3.63) is 29.3 Å². The predicted octanol–water partition coefficient (Wildman–Crippen LogP) is 1.57. The van der Waals surface area contributed by atoms with Gasteiger partial charge in [-0.05, 0) is 17.7 Å². The fourth-order valence-electron chi connectivity index (χ4n) is 2.23. The number of methoxy groups -OCH3 is 1. The van der Waals surface area contributed by atoms with Crippen LogP contribution in [-0.2, 0) is 11.3 Å². The second-order valence-corrected chi connectivity index (χ2v) is 5.70. The summed E-state index contributed by atoms with van der Waals surface area (Å²) >= 11 is 1.66. The summed E-state index contributed by atoms with van der Waals surface area (Å²) in [6, 6.07) is 7.03. The third-order valence-electron chi connectivity index (χ3n) is 3.29. The lowest BCUT2D eigenvalue weighted by Gasteiger charge is -2.32. The van der Waals surface area contributed by atoms with Gasteiger partial charge in [0.15, 0.2) is 0 Å². The Balaban J connectivity index is 2.16. The van der Waals surface area contributed by atoms with Gasteiger partial charge in [0.2, 0.25) is 0 Å². The van der Waals surface area contributed by atoms with Crippen molar-refractivity contribution < 1.29 is 14.6 Å². The molecule has 1 heterocycles. The molecule has 1 saturated heterocycles. The van der Waals surface area contributed by atoms with Crippen LogP contribution in [0.25, 0.3) is 0 Å². The molecule has 0 spiro atoms. The molecule has 1 unspecified atom stereocenters. The van der Waals surface area contributed by atoms with E-state index in [0.29, 0.717) is 23.6 Å². The first kappa shape index (κ1) is 14.7. The summed E-state index contributed by atoms with van der Waals surface area (Å²) in [6.07, 6.45) is 0. The van der Waals surface area contributed by atoms with E-state index in [9.17, 15) is 9.90 Å². The molecule has 1 N–H and O–H groups in total. The zero-order valence-electron chi connectivity index (χ0n) is 11.2. The molecule has 5 nitrogen and oxygen atoms in total. The molecule has 0 aliphatic carbocycles. The van der Waals surface area contributed by atoms with Crippen LogP contribution in [0, 0.1) is 11.3 Å². The van der Waals surface area contributed by atoms with Crippen molar-refractivity contribution in [3.8, 4) is 11.8 Å². The van der Waals surface area contributed by atoms with Gasteiger partial charge in [0, 0.05) is 24.6 Å². The van der Waals surface area contributed by atoms with Crippen LogP contribution in [0.5, 0.6) is 5.75 Å². The van der Waals surface area contributed by atoms with Crippen molar-refractivity contribution in [2.45, 2.75) is 12.6 Å². The Kier molecular flexibility index (Phi) is 4.88. The number of rotatable bonds is 4. The molecule has 20 heavy (non-hydrogen) atoms. The average Bonchev–Trinajstić information content (AvgIpc) is 2.47. The van der Waals surface area contributed by atoms with Gasteiger partial charge in [-0.2, -0.15) is 17.0 Å². The van der Waals surface area contributed by atoms with Crippen molar-refractivity contribution >= 4 is 17.7 Å². The maximum Gasteiger partial charge on any atom is 0.321 e. The number of carboxylic acids is 1. The quantitative estimate of drug-likeness (QED) is 0.908. The third kappa shape index (κ3) is 3.24. The number of hydrogen-bond donors (Lipinski definition) is 1. The Morgan fingerprint density at radius 1 is 1.65 bits per heavy atom. The first-order chi connectivity index (χ1) is 9.65. The lowest BCUT2D eigenvalue weighted by molar-refractivity contribution is -0.142. The first-order valence-corrected chi connectivity index (χ1v) is 7.42. The standard InChI is InChI=1S/C14H16N2O3S/c1-19-13-3-2-10(6-11(13)7-15)8-16-4-5-20-9-12(16)14(17)18/h2-3,6,12H,4-5,8-9H2,1H3,(H,17,18). The van der Waals surface area contributed by atoms with Crippen molar-refractivity contribution in [2.75, 3.05) is 25.2 Å². The summed E-state index contributed by atoms with van der Waals surface area (Å²) in [5.41, 5.74) is 1.41. The molecule has 1 aliphatic rings. The summed E-state index contributed by atoms with van der Waals surface area (Å²) in [5.74, 6) is 1.30. The van der Waals surface area contributed by atoms with E-state index in [1.54, 1.807) is 23.9 Å². The number of nitriles is 1. The topological polar surface area (TPSA) is 73.6 Å². The predicted molar refractivity (Wildman–Crippen MR) is 76.9 cm³/mol. The molecule has 0 radical (unpaired) electrons. The molecule has 0 aromatic heterocycles. The van der Waals surface area contributed by atoms with Gasteiger partial charge in [-0.25, -0.2) is 0 Å². The number of carboxylic acid groups (broad SMARTS) is 1. The number of nitrogens with zero attached hydrogens (tertiary/aromatic N) is 2. The molecule has 1 aromatic rings. The normalized spacial score (nSPS) is 19.3. The van der Waals surface area contributed by atoms with Crippen LogP contribution >= 0.6 is 11.8 Å². The van der Waals surface area contributed by atoms with Crippen LogP contribution in [0.3, 0.4) is 0 Å². The number of thioether (sulfide) groups is 1. The minimum Gasteiger partial charge on any atom is -0.495 e. The Morgan fingerprint density at radius 3 is 3.10 bits per heavy atom. The van der Waals surface area contributed by atoms with Crippen LogP contribution in [0.4, 0.5) is 0 Å². The highest BCUT2D eigenvalue weighted by molar-refractivity contribution is 7.99. The van der Waals surface area contributed by atoms with Gasteiger partial charge in [0.1, 0.15) is 17.9 Å². The monoisotopic (exact) mass is 292 g/mol. The second-order valence-electron chi connectivity index (χ2n) is 4.55. The summed E-state index contributed by atoms with van der Waals surface area (Å²) in [7, 11) is 1.53. The van der Waals surface area contributed by atoms with E-state index in [1.807, 2.05) is 11.0 Å². The lowest BCUT2D eigenvalue weighted by atomic mass is 10.1. The smallest absolute Gasteiger partial charge is 0.321 e. The average molecular weight is 292 g/mol.